The summed E-state index contributed by atoms with van der Waals surface area (Å²) in [6.45, 7) is 10.2. The molecule has 0 aliphatic carbocycles. The number of nitrogens with zero attached hydrogens (tertiary/aromatic N) is 3. The van der Waals surface area contributed by atoms with E-state index in [-0.39, 0.29) is 11.7 Å². The maximum atomic E-state index is 13.0. The SMILES string of the molecule is CC(=O)Nc1ccc(C(=O)c2sc([AsH]c3ccc(N4CCN(C(C)C)CC4)cc3)nc2N)cc1. The van der Waals surface area contributed by atoms with Crippen molar-refractivity contribution in [1.82, 2.24) is 9.88 Å². The number of anilines is 3. The van der Waals surface area contributed by atoms with Gasteiger partial charge in [0.25, 0.3) is 0 Å². The number of nitrogens with one attached hydrogen (secondary N) is 1. The molecule has 1 atom stereocenters. The molecule has 178 valence electrons. The molecule has 9 heteroatoms. The summed E-state index contributed by atoms with van der Waals surface area (Å²) in [6, 6.07) is 16.2. The Morgan fingerprint density at radius 2 is 1.68 bits per heavy atom. The van der Waals surface area contributed by atoms with E-state index in [4.69, 9.17) is 5.73 Å². The molecule has 0 radical (unpaired) electrons. The van der Waals surface area contributed by atoms with E-state index in [0.29, 0.717) is 28.0 Å². The van der Waals surface area contributed by atoms with Gasteiger partial charge in [-0.3, -0.25) is 0 Å². The summed E-state index contributed by atoms with van der Waals surface area (Å²) >= 11 is 0.709. The molecule has 1 saturated heterocycles. The van der Waals surface area contributed by atoms with Gasteiger partial charge in [0.1, 0.15) is 0 Å². The standard InChI is InChI=1S/C25H30AsN5O2S/c1-16(2)30-12-14-31(15-13-30)21-10-6-19(7-11-21)26-25-29-24(27)23(34-25)22(33)18-4-8-20(9-5-18)28-17(3)32/h4-11,16,26H,12-15,27H2,1-3H3,(H,28,32). The van der Waals surface area contributed by atoms with E-state index in [1.165, 1.54) is 28.3 Å². The van der Waals surface area contributed by atoms with Crippen molar-refractivity contribution in [1.29, 1.82) is 0 Å². The number of nitrogen functional groups attached to an aromatic ring is 1. The predicted molar refractivity (Wildman–Crippen MR) is 142 cm³/mol. The van der Waals surface area contributed by atoms with Gasteiger partial charge in [-0.15, -0.1) is 0 Å². The molecule has 1 fully saturated rings. The van der Waals surface area contributed by atoms with Gasteiger partial charge in [-0.2, -0.15) is 0 Å². The Hall–Kier alpha value is -2.67. The van der Waals surface area contributed by atoms with E-state index < -0.39 is 15.8 Å². The van der Waals surface area contributed by atoms with Gasteiger partial charge >= 0.3 is 212 Å². The zero-order valence-corrected chi connectivity index (χ0v) is 22.6. The fraction of sp³-hybridized carbons (Fsp3) is 0.320. The van der Waals surface area contributed by atoms with Crippen LogP contribution in [0.25, 0.3) is 0 Å². The van der Waals surface area contributed by atoms with E-state index in [1.807, 2.05) is 0 Å². The molecular weight excluding hydrogens is 509 g/mol. The van der Waals surface area contributed by atoms with Gasteiger partial charge in [0, 0.05) is 0 Å². The molecule has 1 aliphatic heterocycles. The van der Waals surface area contributed by atoms with E-state index in [0.717, 1.165) is 30.0 Å². The Bertz CT molecular complexity index is 1150. The summed E-state index contributed by atoms with van der Waals surface area (Å²) < 4.78 is 2.20. The number of aromatic nitrogens is 1. The quantitative estimate of drug-likeness (QED) is 0.352. The Kier molecular flexibility index (Phi) is 7.71. The molecule has 2 heterocycles. The third kappa shape index (κ3) is 5.87. The van der Waals surface area contributed by atoms with Crippen LogP contribution in [0.1, 0.15) is 36.0 Å². The molecule has 0 spiro atoms. The minimum atomic E-state index is -0.683. The van der Waals surface area contributed by atoms with Crippen LogP contribution in [0.3, 0.4) is 0 Å². The van der Waals surface area contributed by atoms with Crippen molar-refractivity contribution in [3.05, 3.63) is 59.0 Å². The first-order valence-electron chi connectivity index (χ1n) is 11.3. The molecule has 3 N–H and O–H groups in total. The fourth-order valence-corrected chi connectivity index (χ4v) is 7.88. The molecule has 1 aromatic heterocycles. The van der Waals surface area contributed by atoms with Crippen LogP contribution in [-0.2, 0) is 4.79 Å². The van der Waals surface area contributed by atoms with Gasteiger partial charge in [0.15, 0.2) is 0 Å². The second-order valence-corrected chi connectivity index (χ2v) is 13.1. The Morgan fingerprint density at radius 1 is 1.03 bits per heavy atom. The molecule has 3 aromatic rings. The van der Waals surface area contributed by atoms with Gasteiger partial charge in [0.05, 0.1) is 0 Å². The number of benzene rings is 2. The molecule has 2 aromatic carbocycles. The molecule has 0 bridgehead atoms. The summed E-state index contributed by atoms with van der Waals surface area (Å²) in [5.41, 5.74) is 8.55. The molecule has 1 amide bonds. The van der Waals surface area contributed by atoms with Gasteiger partial charge in [-0.1, -0.05) is 0 Å². The monoisotopic (exact) mass is 539 g/mol. The molecule has 1 aliphatic rings. The van der Waals surface area contributed by atoms with Crippen molar-refractivity contribution < 1.29 is 9.59 Å². The van der Waals surface area contributed by atoms with Gasteiger partial charge in [0.2, 0.25) is 0 Å². The average Bonchev–Trinajstić information content (AvgIpc) is 3.19. The summed E-state index contributed by atoms with van der Waals surface area (Å²) in [4.78, 5) is 34.1. The molecule has 34 heavy (non-hydrogen) atoms. The number of ketones is 1. The summed E-state index contributed by atoms with van der Waals surface area (Å²) in [6.07, 6.45) is 0. The van der Waals surface area contributed by atoms with Crippen LogP contribution in [0.5, 0.6) is 0 Å². The van der Waals surface area contributed by atoms with Crippen LogP contribution in [-0.4, -0.2) is 69.5 Å². The van der Waals surface area contributed by atoms with Gasteiger partial charge < -0.3 is 0 Å². The number of rotatable bonds is 7. The van der Waals surface area contributed by atoms with E-state index in [2.05, 4.69) is 58.2 Å². The van der Waals surface area contributed by atoms with Crippen molar-refractivity contribution in [2.24, 2.45) is 0 Å². The van der Waals surface area contributed by atoms with E-state index in [1.54, 1.807) is 24.3 Å². The van der Waals surface area contributed by atoms with Crippen LogP contribution >= 0.6 is 11.3 Å². The van der Waals surface area contributed by atoms with E-state index >= 15 is 0 Å². The summed E-state index contributed by atoms with van der Waals surface area (Å²) in [5, 5.41) is 2.70. The van der Waals surface area contributed by atoms with Crippen molar-refractivity contribution in [2.45, 2.75) is 26.8 Å². The number of hydrogen-bond donors (Lipinski definition) is 2. The first kappa shape index (κ1) is 24.5. The zero-order chi connectivity index (χ0) is 24.2. The van der Waals surface area contributed by atoms with Gasteiger partial charge in [-0.25, -0.2) is 0 Å². The summed E-state index contributed by atoms with van der Waals surface area (Å²) in [5.74, 6) is -0.000871. The number of carbonyl (C=O) groups is 2. The van der Waals surface area contributed by atoms with Gasteiger partial charge in [-0.05, 0) is 0 Å². The minimum absolute atomic E-state index is 0.141. The van der Waals surface area contributed by atoms with Crippen LogP contribution in [0, 0.1) is 0 Å². The van der Waals surface area contributed by atoms with E-state index in [9.17, 15) is 9.59 Å². The van der Waals surface area contributed by atoms with Crippen molar-refractivity contribution in [3.8, 4) is 0 Å². The second kappa shape index (κ2) is 10.7. The van der Waals surface area contributed by atoms with Crippen LogP contribution in [0.15, 0.2) is 48.5 Å². The Labute approximate surface area is 211 Å². The normalized spacial score (nSPS) is 14.8. The topological polar surface area (TPSA) is 91.6 Å². The maximum absolute atomic E-state index is 13.0. The van der Waals surface area contributed by atoms with Crippen LogP contribution in [0.4, 0.5) is 17.2 Å². The molecule has 4 rings (SSSR count). The third-order valence-electron chi connectivity index (χ3n) is 5.86. The number of thiazole rings is 1. The number of hydrogen-bond acceptors (Lipinski definition) is 7. The van der Waals surface area contributed by atoms with Crippen LogP contribution in [0.2, 0.25) is 0 Å². The summed E-state index contributed by atoms with van der Waals surface area (Å²) in [7, 11) is 0. The number of amides is 1. The van der Waals surface area contributed by atoms with Crippen LogP contribution < -0.4 is 24.1 Å². The molecule has 0 saturated carbocycles. The average molecular weight is 540 g/mol. The molecular formula is C25H30AsN5O2S. The van der Waals surface area contributed by atoms with Crippen molar-refractivity contribution >= 4 is 64.1 Å². The number of piperazine rings is 1. The second-order valence-electron chi connectivity index (χ2n) is 8.61. The third-order valence-corrected chi connectivity index (χ3v) is 9.90. The first-order valence-corrected chi connectivity index (χ1v) is 14.3. The molecule has 1 unspecified atom stereocenters. The zero-order valence-electron chi connectivity index (χ0n) is 19.7. The number of nitrogens with two attached hydrogens (primary N) is 1. The number of carbonyl (C=O) groups excluding carboxylic acids is 2. The Balaban J connectivity index is 1.40. The fourth-order valence-electron chi connectivity index (χ4n) is 3.96. The van der Waals surface area contributed by atoms with Crippen molar-refractivity contribution in [3.63, 3.8) is 0 Å². The predicted octanol–water partition coefficient (Wildman–Crippen LogP) is 1.83. The van der Waals surface area contributed by atoms with Crippen molar-refractivity contribution in [2.75, 3.05) is 42.1 Å². The molecule has 7 nitrogen and oxygen atoms in total. The first-order chi connectivity index (χ1) is 16.3. The Morgan fingerprint density at radius 3 is 2.26 bits per heavy atom.